The third-order valence-electron chi connectivity index (χ3n) is 3.65. The molecule has 1 saturated heterocycles. The molecular formula is C11H19NO2. The average Bonchev–Trinajstić information content (AvgIpc) is 2.71. The van der Waals surface area contributed by atoms with Crippen molar-refractivity contribution in [1.29, 1.82) is 0 Å². The molecule has 0 aromatic heterocycles. The molecule has 0 spiro atoms. The van der Waals surface area contributed by atoms with Crippen LogP contribution >= 0.6 is 0 Å². The van der Waals surface area contributed by atoms with Crippen LogP contribution in [-0.4, -0.2) is 35.1 Å². The molecule has 3 heteroatoms. The summed E-state index contributed by atoms with van der Waals surface area (Å²) in [5.74, 6) is -0.664. The number of carboxylic acid groups (broad SMARTS) is 1. The first-order valence-corrected chi connectivity index (χ1v) is 5.74. The van der Waals surface area contributed by atoms with E-state index in [-0.39, 0.29) is 5.92 Å². The highest BCUT2D eigenvalue weighted by atomic mass is 16.4. The van der Waals surface area contributed by atoms with Crippen molar-refractivity contribution in [2.45, 2.75) is 44.6 Å². The van der Waals surface area contributed by atoms with Crippen LogP contribution in [0.15, 0.2) is 0 Å². The highest BCUT2D eigenvalue weighted by Gasteiger charge is 2.31. The van der Waals surface area contributed by atoms with E-state index in [1.165, 1.54) is 32.4 Å². The molecule has 0 aromatic rings. The van der Waals surface area contributed by atoms with Gasteiger partial charge in [0.1, 0.15) is 0 Å². The van der Waals surface area contributed by atoms with Crippen molar-refractivity contribution >= 4 is 5.97 Å². The van der Waals surface area contributed by atoms with Crippen molar-refractivity contribution in [2.75, 3.05) is 13.1 Å². The first-order valence-electron chi connectivity index (χ1n) is 5.74. The molecule has 1 heterocycles. The van der Waals surface area contributed by atoms with Gasteiger partial charge in [-0.15, -0.1) is 0 Å². The number of likely N-dealkylation sites (tertiary alicyclic amines) is 1. The van der Waals surface area contributed by atoms with Gasteiger partial charge in [-0.1, -0.05) is 6.42 Å². The van der Waals surface area contributed by atoms with E-state index in [1.54, 1.807) is 0 Å². The molecule has 1 N–H and O–H groups in total. The molecule has 1 aliphatic carbocycles. The average molecular weight is 197 g/mol. The lowest BCUT2D eigenvalue weighted by molar-refractivity contribution is -0.143. The molecule has 2 rings (SSSR count). The molecule has 2 unspecified atom stereocenters. The maximum absolute atomic E-state index is 10.9. The second-order valence-electron chi connectivity index (χ2n) is 4.60. The third kappa shape index (κ3) is 2.08. The Balaban J connectivity index is 1.89. The van der Waals surface area contributed by atoms with Crippen molar-refractivity contribution in [3.05, 3.63) is 0 Å². The molecule has 2 atom stereocenters. The molecule has 1 saturated carbocycles. The second-order valence-corrected chi connectivity index (χ2v) is 4.60. The van der Waals surface area contributed by atoms with Crippen molar-refractivity contribution in [3.63, 3.8) is 0 Å². The van der Waals surface area contributed by atoms with Crippen LogP contribution in [0, 0.1) is 5.92 Å². The van der Waals surface area contributed by atoms with Gasteiger partial charge >= 0.3 is 5.97 Å². The molecule has 0 bridgehead atoms. The molecule has 2 aliphatic rings. The number of carbonyl (C=O) groups is 1. The van der Waals surface area contributed by atoms with Crippen molar-refractivity contribution in [2.24, 2.45) is 5.92 Å². The number of rotatable bonds is 2. The van der Waals surface area contributed by atoms with Crippen LogP contribution in [-0.2, 0) is 4.79 Å². The number of hydrogen-bond donors (Lipinski definition) is 1. The zero-order chi connectivity index (χ0) is 9.97. The molecular weight excluding hydrogens is 178 g/mol. The SMILES string of the molecule is O=C(O)C1CCCC(N2CCCC2)C1. The van der Waals surface area contributed by atoms with Gasteiger partial charge in [0.2, 0.25) is 0 Å². The Morgan fingerprint density at radius 3 is 2.50 bits per heavy atom. The van der Waals surface area contributed by atoms with E-state index in [1.807, 2.05) is 0 Å². The van der Waals surface area contributed by atoms with Crippen molar-refractivity contribution in [1.82, 2.24) is 4.90 Å². The summed E-state index contributed by atoms with van der Waals surface area (Å²) < 4.78 is 0. The minimum Gasteiger partial charge on any atom is -0.481 e. The van der Waals surface area contributed by atoms with Crippen LogP contribution in [0.2, 0.25) is 0 Å². The Labute approximate surface area is 85.1 Å². The summed E-state index contributed by atoms with van der Waals surface area (Å²) in [6, 6.07) is 0.562. The van der Waals surface area contributed by atoms with Gasteiger partial charge in [0.05, 0.1) is 5.92 Å². The second kappa shape index (κ2) is 4.30. The molecule has 14 heavy (non-hydrogen) atoms. The summed E-state index contributed by atoms with van der Waals surface area (Å²) in [6.07, 6.45) is 6.68. The Hall–Kier alpha value is -0.570. The number of carboxylic acids is 1. The highest BCUT2D eigenvalue weighted by molar-refractivity contribution is 5.70. The lowest BCUT2D eigenvalue weighted by Crippen LogP contribution is -2.38. The Bertz CT molecular complexity index is 211. The van der Waals surface area contributed by atoms with Gasteiger partial charge in [-0.3, -0.25) is 4.79 Å². The van der Waals surface area contributed by atoms with E-state index in [9.17, 15) is 4.79 Å². The molecule has 2 fully saturated rings. The highest BCUT2D eigenvalue weighted by Crippen LogP contribution is 2.29. The van der Waals surface area contributed by atoms with E-state index in [4.69, 9.17) is 5.11 Å². The third-order valence-corrected chi connectivity index (χ3v) is 3.65. The summed E-state index contributed by atoms with van der Waals surface area (Å²) in [4.78, 5) is 13.4. The van der Waals surface area contributed by atoms with E-state index >= 15 is 0 Å². The molecule has 0 amide bonds. The smallest absolute Gasteiger partial charge is 0.306 e. The molecule has 3 nitrogen and oxygen atoms in total. The fourth-order valence-corrected chi connectivity index (χ4v) is 2.83. The maximum atomic E-state index is 10.9. The molecule has 0 aromatic carbocycles. The largest absolute Gasteiger partial charge is 0.481 e. The fourth-order valence-electron chi connectivity index (χ4n) is 2.83. The zero-order valence-electron chi connectivity index (χ0n) is 8.61. The van der Waals surface area contributed by atoms with E-state index < -0.39 is 5.97 Å². The van der Waals surface area contributed by atoms with Crippen LogP contribution in [0.3, 0.4) is 0 Å². The minimum absolute atomic E-state index is 0.0747. The lowest BCUT2D eigenvalue weighted by atomic mass is 9.85. The lowest BCUT2D eigenvalue weighted by Gasteiger charge is -2.33. The van der Waals surface area contributed by atoms with Gasteiger partial charge < -0.3 is 10.0 Å². The van der Waals surface area contributed by atoms with Crippen LogP contribution in [0.1, 0.15) is 38.5 Å². The molecule has 0 radical (unpaired) electrons. The van der Waals surface area contributed by atoms with Gasteiger partial charge in [0.25, 0.3) is 0 Å². The van der Waals surface area contributed by atoms with Crippen LogP contribution in [0.4, 0.5) is 0 Å². The van der Waals surface area contributed by atoms with Crippen molar-refractivity contribution in [3.8, 4) is 0 Å². The first kappa shape index (κ1) is 9.97. The normalized spacial score (nSPS) is 34.6. The van der Waals surface area contributed by atoms with E-state index in [0.29, 0.717) is 6.04 Å². The first-order chi connectivity index (χ1) is 6.77. The van der Waals surface area contributed by atoms with Crippen LogP contribution < -0.4 is 0 Å². The molecule has 1 aliphatic heterocycles. The van der Waals surface area contributed by atoms with Crippen LogP contribution in [0.5, 0.6) is 0 Å². The number of aliphatic carboxylic acids is 1. The van der Waals surface area contributed by atoms with Crippen molar-refractivity contribution < 1.29 is 9.90 Å². The van der Waals surface area contributed by atoms with Gasteiger partial charge in [-0.25, -0.2) is 0 Å². The Kier molecular flexibility index (Phi) is 3.06. The topological polar surface area (TPSA) is 40.5 Å². The summed E-state index contributed by atoms with van der Waals surface area (Å²) >= 11 is 0. The minimum atomic E-state index is -0.589. The van der Waals surface area contributed by atoms with Gasteiger partial charge in [0, 0.05) is 6.04 Å². The van der Waals surface area contributed by atoms with Gasteiger partial charge in [-0.2, -0.15) is 0 Å². The Morgan fingerprint density at radius 1 is 1.14 bits per heavy atom. The van der Waals surface area contributed by atoms with E-state index in [0.717, 1.165) is 19.3 Å². The summed E-state index contributed by atoms with van der Waals surface area (Å²) in [5, 5.41) is 8.98. The summed E-state index contributed by atoms with van der Waals surface area (Å²) in [6.45, 7) is 2.38. The monoisotopic (exact) mass is 197 g/mol. The molecule has 80 valence electrons. The predicted octanol–water partition coefficient (Wildman–Crippen LogP) is 1.73. The standard InChI is InChI=1S/C11H19NO2/c13-11(14)9-4-3-5-10(8-9)12-6-1-2-7-12/h9-10H,1-8H2,(H,13,14). The summed E-state index contributed by atoms with van der Waals surface area (Å²) in [5.41, 5.74) is 0. The quantitative estimate of drug-likeness (QED) is 0.733. The number of hydrogen-bond acceptors (Lipinski definition) is 2. The van der Waals surface area contributed by atoms with Gasteiger partial charge in [0.15, 0.2) is 0 Å². The van der Waals surface area contributed by atoms with Gasteiger partial charge in [-0.05, 0) is 45.2 Å². The van der Waals surface area contributed by atoms with Crippen LogP contribution in [0.25, 0.3) is 0 Å². The number of nitrogens with zero attached hydrogens (tertiary/aromatic N) is 1. The zero-order valence-corrected chi connectivity index (χ0v) is 8.61. The fraction of sp³-hybridized carbons (Fsp3) is 0.909. The summed E-state index contributed by atoms with van der Waals surface area (Å²) in [7, 11) is 0. The predicted molar refractivity (Wildman–Crippen MR) is 54.2 cm³/mol. The van der Waals surface area contributed by atoms with E-state index in [2.05, 4.69) is 4.90 Å². The maximum Gasteiger partial charge on any atom is 0.306 e. The Morgan fingerprint density at radius 2 is 1.86 bits per heavy atom.